The molecule has 0 unspecified atom stereocenters. The topological polar surface area (TPSA) is 71.0 Å². The number of aromatic nitrogens is 3. The van der Waals surface area contributed by atoms with Gasteiger partial charge in [-0.1, -0.05) is 12.1 Å². The molecule has 1 aliphatic heterocycles. The average Bonchev–Trinajstić information content (AvgIpc) is 3.54. The van der Waals surface area contributed by atoms with Crippen LogP contribution in [0.4, 0.5) is 5.82 Å². The van der Waals surface area contributed by atoms with Crippen LogP contribution in [0.3, 0.4) is 0 Å². The van der Waals surface area contributed by atoms with Gasteiger partial charge in [0.2, 0.25) is 0 Å². The summed E-state index contributed by atoms with van der Waals surface area (Å²) in [6.45, 7) is 1.34. The molecular weight excluding hydrogens is 338 g/mol. The number of nitrogens with zero attached hydrogens (tertiary/aromatic N) is 4. The van der Waals surface area contributed by atoms with Gasteiger partial charge in [0.1, 0.15) is 12.1 Å². The normalized spacial score (nSPS) is 16.7. The molecule has 3 heterocycles. The quantitative estimate of drug-likeness (QED) is 0.779. The van der Waals surface area contributed by atoms with Gasteiger partial charge in [-0.15, -0.1) is 0 Å². The van der Waals surface area contributed by atoms with Crippen molar-refractivity contribution in [2.75, 3.05) is 18.4 Å². The molecule has 0 atom stereocenters. The van der Waals surface area contributed by atoms with Crippen LogP contribution >= 0.6 is 0 Å². The van der Waals surface area contributed by atoms with E-state index in [1.54, 1.807) is 12.5 Å². The summed E-state index contributed by atoms with van der Waals surface area (Å²) in [6, 6.07) is 10.1. The maximum absolute atomic E-state index is 13.2. The lowest BCUT2D eigenvalue weighted by molar-refractivity contribution is 0.0765. The molecule has 3 aromatic rings. The molecule has 6 nitrogen and oxygen atoms in total. The summed E-state index contributed by atoms with van der Waals surface area (Å²) in [6.07, 6.45) is 7.34. The van der Waals surface area contributed by atoms with E-state index in [1.165, 1.54) is 18.4 Å². The number of hydrogen-bond acceptors (Lipinski definition) is 5. The Morgan fingerprint density at radius 3 is 2.81 bits per heavy atom. The number of anilines is 1. The Morgan fingerprint density at radius 1 is 1.04 bits per heavy atom. The second kappa shape index (κ2) is 6.61. The van der Waals surface area contributed by atoms with E-state index < -0.39 is 0 Å². The van der Waals surface area contributed by atoms with Gasteiger partial charge in [-0.3, -0.25) is 9.78 Å². The smallest absolute Gasteiger partial charge is 0.254 e. The first-order valence-corrected chi connectivity index (χ1v) is 9.52. The van der Waals surface area contributed by atoms with Crippen LogP contribution in [0, 0.1) is 0 Å². The minimum atomic E-state index is 0.0612. The summed E-state index contributed by atoms with van der Waals surface area (Å²) in [7, 11) is 0. The number of amides is 1. The van der Waals surface area contributed by atoms with Crippen molar-refractivity contribution < 1.29 is 4.79 Å². The first-order valence-electron chi connectivity index (χ1n) is 9.52. The highest BCUT2D eigenvalue weighted by Gasteiger charge is 2.26. The molecule has 27 heavy (non-hydrogen) atoms. The van der Waals surface area contributed by atoms with Crippen molar-refractivity contribution in [1.29, 1.82) is 0 Å². The zero-order valence-electron chi connectivity index (χ0n) is 15.1. The maximum Gasteiger partial charge on any atom is 0.254 e. The highest BCUT2D eigenvalue weighted by Crippen LogP contribution is 2.28. The van der Waals surface area contributed by atoms with E-state index >= 15 is 0 Å². The maximum atomic E-state index is 13.2. The van der Waals surface area contributed by atoms with Crippen molar-refractivity contribution in [2.45, 2.75) is 31.7 Å². The second-order valence-electron chi connectivity index (χ2n) is 7.23. The average molecular weight is 359 g/mol. The van der Waals surface area contributed by atoms with Crippen molar-refractivity contribution in [3.63, 3.8) is 0 Å². The van der Waals surface area contributed by atoms with Crippen LogP contribution in [0.1, 0.15) is 34.5 Å². The molecule has 1 saturated carbocycles. The van der Waals surface area contributed by atoms with E-state index in [2.05, 4.69) is 20.3 Å². The number of carbonyl (C=O) groups excluding carboxylic acids is 1. The molecule has 1 N–H and O–H groups in total. The lowest BCUT2D eigenvalue weighted by Crippen LogP contribution is -2.33. The number of hydrogen-bond donors (Lipinski definition) is 1. The molecule has 1 fully saturated rings. The molecular formula is C21H21N5O. The van der Waals surface area contributed by atoms with Gasteiger partial charge < -0.3 is 10.2 Å². The molecule has 5 rings (SSSR count). The SMILES string of the molecule is O=C(c1cccc2ncccc12)N1CCc2ncnc(NC3CC3)c2CC1. The number of nitrogens with one attached hydrogen (secondary N) is 1. The molecule has 1 aromatic carbocycles. The van der Waals surface area contributed by atoms with E-state index in [1.807, 2.05) is 35.2 Å². The van der Waals surface area contributed by atoms with E-state index in [4.69, 9.17) is 0 Å². The fourth-order valence-corrected chi connectivity index (χ4v) is 3.74. The molecule has 0 radical (unpaired) electrons. The summed E-state index contributed by atoms with van der Waals surface area (Å²) in [5.74, 6) is 1.01. The lowest BCUT2D eigenvalue weighted by atomic mass is 10.1. The van der Waals surface area contributed by atoms with E-state index in [0.717, 1.165) is 35.3 Å². The summed E-state index contributed by atoms with van der Waals surface area (Å²) >= 11 is 0. The monoisotopic (exact) mass is 359 g/mol. The van der Waals surface area contributed by atoms with Crippen LogP contribution in [0.15, 0.2) is 42.9 Å². The molecule has 136 valence electrons. The van der Waals surface area contributed by atoms with Gasteiger partial charge in [0.05, 0.1) is 11.2 Å². The molecule has 0 spiro atoms. The Labute approximate surface area is 157 Å². The Morgan fingerprint density at radius 2 is 1.93 bits per heavy atom. The first kappa shape index (κ1) is 16.2. The van der Waals surface area contributed by atoms with E-state index in [0.29, 0.717) is 24.7 Å². The van der Waals surface area contributed by atoms with Gasteiger partial charge in [0.25, 0.3) is 5.91 Å². The largest absolute Gasteiger partial charge is 0.367 e. The number of pyridine rings is 1. The van der Waals surface area contributed by atoms with Crippen molar-refractivity contribution in [2.24, 2.45) is 0 Å². The van der Waals surface area contributed by atoms with Gasteiger partial charge in [-0.25, -0.2) is 9.97 Å². The fourth-order valence-electron chi connectivity index (χ4n) is 3.74. The van der Waals surface area contributed by atoms with Crippen molar-refractivity contribution in [3.05, 3.63) is 59.7 Å². The van der Waals surface area contributed by atoms with E-state index in [9.17, 15) is 4.79 Å². The summed E-state index contributed by atoms with van der Waals surface area (Å²) in [4.78, 5) is 28.5. The summed E-state index contributed by atoms with van der Waals surface area (Å²) < 4.78 is 0. The predicted molar refractivity (Wildman–Crippen MR) is 104 cm³/mol. The predicted octanol–water partition coefficient (Wildman–Crippen LogP) is 2.84. The summed E-state index contributed by atoms with van der Waals surface area (Å²) in [5, 5.41) is 4.41. The standard InChI is InChI=1S/C21H21N5O/c27-21(16-3-1-5-18-15(16)4-2-10-22-18)26-11-8-17-19(9-12-26)23-13-24-20(17)25-14-6-7-14/h1-5,10,13-14H,6-9,11-12H2,(H,23,24,25). The Bertz CT molecular complexity index is 1010. The van der Waals surface area contributed by atoms with Gasteiger partial charge >= 0.3 is 0 Å². The number of rotatable bonds is 3. The van der Waals surface area contributed by atoms with Gasteiger partial charge in [-0.2, -0.15) is 0 Å². The fraction of sp³-hybridized carbons (Fsp3) is 0.333. The lowest BCUT2D eigenvalue weighted by Gasteiger charge is -2.21. The van der Waals surface area contributed by atoms with Gasteiger partial charge in [-0.05, 0) is 37.5 Å². The Kier molecular flexibility index (Phi) is 3.96. The Balaban J connectivity index is 1.41. The molecule has 2 aliphatic rings. The zero-order valence-corrected chi connectivity index (χ0v) is 15.1. The van der Waals surface area contributed by atoms with Crippen LogP contribution in [-0.2, 0) is 12.8 Å². The third kappa shape index (κ3) is 3.12. The highest BCUT2D eigenvalue weighted by atomic mass is 16.2. The molecule has 0 bridgehead atoms. The molecule has 6 heteroatoms. The number of benzene rings is 1. The van der Waals surface area contributed by atoms with Crippen molar-refractivity contribution >= 4 is 22.6 Å². The molecule has 2 aromatic heterocycles. The first-order chi connectivity index (χ1) is 13.3. The minimum Gasteiger partial charge on any atom is -0.367 e. The highest BCUT2D eigenvalue weighted by molar-refractivity contribution is 6.06. The third-order valence-electron chi connectivity index (χ3n) is 5.37. The third-order valence-corrected chi connectivity index (χ3v) is 5.37. The van der Waals surface area contributed by atoms with Crippen LogP contribution in [0.5, 0.6) is 0 Å². The molecule has 0 saturated heterocycles. The van der Waals surface area contributed by atoms with Crippen LogP contribution in [0.2, 0.25) is 0 Å². The van der Waals surface area contributed by atoms with Gasteiger partial charge in [0.15, 0.2) is 0 Å². The minimum absolute atomic E-state index is 0.0612. The summed E-state index contributed by atoms with van der Waals surface area (Å²) in [5.41, 5.74) is 3.79. The zero-order chi connectivity index (χ0) is 18.2. The van der Waals surface area contributed by atoms with Crippen LogP contribution < -0.4 is 5.32 Å². The van der Waals surface area contributed by atoms with Gasteiger partial charge in [0, 0.05) is 48.3 Å². The number of fused-ring (bicyclic) bond motifs is 2. The van der Waals surface area contributed by atoms with Crippen molar-refractivity contribution in [3.8, 4) is 0 Å². The molecule has 1 amide bonds. The molecule has 1 aliphatic carbocycles. The Hall–Kier alpha value is -3.02. The van der Waals surface area contributed by atoms with Crippen LogP contribution in [-0.4, -0.2) is 44.9 Å². The van der Waals surface area contributed by atoms with Crippen LogP contribution in [0.25, 0.3) is 10.9 Å². The van der Waals surface area contributed by atoms with Crippen molar-refractivity contribution in [1.82, 2.24) is 19.9 Å². The van der Waals surface area contributed by atoms with E-state index in [-0.39, 0.29) is 5.91 Å². The second-order valence-corrected chi connectivity index (χ2v) is 7.23. The number of carbonyl (C=O) groups is 1.